The van der Waals surface area contributed by atoms with Gasteiger partial charge in [0.1, 0.15) is 11.4 Å². The van der Waals surface area contributed by atoms with Crippen LogP contribution in [0.5, 0.6) is 5.75 Å². The lowest BCUT2D eigenvalue weighted by atomic mass is 10.00. The van der Waals surface area contributed by atoms with E-state index >= 15 is 0 Å². The molecule has 2 aromatic carbocycles. The summed E-state index contributed by atoms with van der Waals surface area (Å²) in [4.78, 5) is -0.0370. The van der Waals surface area contributed by atoms with E-state index in [1.165, 1.54) is 0 Å². The van der Waals surface area contributed by atoms with Crippen LogP contribution in [0.25, 0.3) is 0 Å². The molecule has 0 aliphatic rings. The van der Waals surface area contributed by atoms with Gasteiger partial charge in [-0.3, -0.25) is 4.21 Å². The fraction of sp³-hybridized carbons (Fsp3) is 0.429. The predicted molar refractivity (Wildman–Crippen MR) is 114 cm³/mol. The Labute approximate surface area is 177 Å². The Morgan fingerprint density at radius 1 is 1.14 bits per heavy atom. The largest absolute Gasteiger partial charge is 0.497 e. The monoisotopic (exact) mass is 470 g/mol. The smallest absolute Gasteiger partial charge is 0.118 e. The van der Waals surface area contributed by atoms with Gasteiger partial charge in [-0.25, -0.2) is 0 Å². The molecule has 7 heteroatoms. The average molecular weight is 471 g/mol. The molecule has 0 saturated heterocycles. The van der Waals surface area contributed by atoms with Gasteiger partial charge in [0.25, 0.3) is 0 Å². The lowest BCUT2D eigenvalue weighted by Gasteiger charge is -2.31. The first kappa shape index (κ1) is 23.0. The zero-order valence-electron chi connectivity index (χ0n) is 16.3. The number of aryl methyl sites for hydroxylation is 1. The van der Waals surface area contributed by atoms with E-state index in [1.54, 1.807) is 26.2 Å². The first-order chi connectivity index (χ1) is 13.2. The first-order valence-electron chi connectivity index (χ1n) is 8.93. The molecule has 0 spiro atoms. The van der Waals surface area contributed by atoms with E-state index in [1.807, 2.05) is 43.3 Å². The van der Waals surface area contributed by atoms with Gasteiger partial charge in [-0.15, -0.1) is 0 Å². The molecule has 0 aromatic heterocycles. The summed E-state index contributed by atoms with van der Waals surface area (Å²) in [6.45, 7) is 3.88. The zero-order valence-corrected chi connectivity index (χ0v) is 18.7. The average Bonchev–Trinajstić information content (AvgIpc) is 2.68. The molecule has 0 aliphatic carbocycles. The van der Waals surface area contributed by atoms with E-state index < -0.39 is 27.3 Å². The maximum absolute atomic E-state index is 12.5. The molecule has 0 aliphatic heterocycles. The summed E-state index contributed by atoms with van der Waals surface area (Å²) in [5.41, 5.74) is 0.698. The molecule has 5 nitrogen and oxygen atoms in total. The van der Waals surface area contributed by atoms with Crippen LogP contribution in [0.1, 0.15) is 18.1 Å². The summed E-state index contributed by atoms with van der Waals surface area (Å²) < 4.78 is 23.2. The van der Waals surface area contributed by atoms with Crippen molar-refractivity contribution in [3.8, 4) is 5.75 Å². The van der Waals surface area contributed by atoms with Crippen LogP contribution >= 0.6 is 15.9 Å². The van der Waals surface area contributed by atoms with Crippen molar-refractivity contribution in [2.75, 3.05) is 19.5 Å². The van der Waals surface area contributed by atoms with Crippen molar-refractivity contribution >= 4 is 26.7 Å². The number of benzene rings is 2. The van der Waals surface area contributed by atoms with Crippen molar-refractivity contribution in [1.82, 2.24) is 0 Å². The minimum atomic E-state index is -1.36. The third kappa shape index (κ3) is 6.67. The fourth-order valence-electron chi connectivity index (χ4n) is 2.62. The number of methoxy groups -OCH3 is 1. The molecule has 2 rings (SSSR count). The van der Waals surface area contributed by atoms with E-state index in [2.05, 4.69) is 15.9 Å². The summed E-state index contributed by atoms with van der Waals surface area (Å²) in [6.07, 6.45) is -0.998. The summed E-state index contributed by atoms with van der Waals surface area (Å²) in [5, 5.41) is 21.1. The quantitative estimate of drug-likeness (QED) is 0.521. The molecule has 2 aromatic rings. The molecule has 0 bridgehead atoms. The number of hydrogen-bond acceptors (Lipinski definition) is 5. The number of hydrogen-bond donors (Lipinski definition) is 2. The molecule has 0 heterocycles. The highest BCUT2D eigenvalue weighted by molar-refractivity contribution is 9.09. The lowest BCUT2D eigenvalue weighted by Crippen LogP contribution is -2.48. The minimum Gasteiger partial charge on any atom is -0.497 e. The maximum Gasteiger partial charge on any atom is 0.118 e. The second kappa shape index (κ2) is 10.5. The second-order valence-corrected chi connectivity index (χ2v) is 9.47. The number of rotatable bonds is 10. The van der Waals surface area contributed by atoms with Crippen LogP contribution < -0.4 is 4.74 Å². The Balaban J connectivity index is 1.86. The van der Waals surface area contributed by atoms with Gasteiger partial charge >= 0.3 is 0 Å². The Kier molecular flexibility index (Phi) is 8.64. The van der Waals surface area contributed by atoms with E-state index in [0.29, 0.717) is 11.5 Å². The van der Waals surface area contributed by atoms with Crippen LogP contribution in [-0.2, 0) is 22.1 Å². The summed E-state index contributed by atoms with van der Waals surface area (Å²) in [7, 11) is 0.248. The van der Waals surface area contributed by atoms with Crippen LogP contribution in [0, 0.1) is 6.92 Å². The number of halogens is 1. The normalized spacial score (nSPS) is 16.8. The van der Waals surface area contributed by atoms with Crippen molar-refractivity contribution in [2.24, 2.45) is 0 Å². The SMILES string of the molecule is COc1ccc(COC[C@@](C)(O)[C@@H](Br)[C@@H](O)CS(=O)c2ccc(C)cc2)cc1. The van der Waals surface area contributed by atoms with Crippen molar-refractivity contribution < 1.29 is 23.9 Å². The third-order valence-electron chi connectivity index (χ3n) is 4.36. The van der Waals surface area contributed by atoms with Gasteiger partial charge in [-0.2, -0.15) is 0 Å². The van der Waals surface area contributed by atoms with Gasteiger partial charge in [-0.1, -0.05) is 45.8 Å². The summed E-state index contributed by atoms with van der Waals surface area (Å²) in [6, 6.07) is 14.8. The minimum absolute atomic E-state index is 0.0170. The van der Waals surface area contributed by atoms with Crippen LogP contribution in [0.2, 0.25) is 0 Å². The predicted octanol–water partition coefficient (Wildman–Crippen LogP) is 3.20. The van der Waals surface area contributed by atoms with Crippen molar-refractivity contribution in [3.63, 3.8) is 0 Å². The zero-order chi connectivity index (χ0) is 20.7. The van der Waals surface area contributed by atoms with E-state index in [0.717, 1.165) is 16.9 Å². The van der Waals surface area contributed by atoms with Crippen molar-refractivity contribution in [3.05, 3.63) is 59.7 Å². The Hall–Kier alpha value is -1.25. The standard InChI is InChI=1S/C21H27BrO5S/c1-15-4-10-18(11-5-15)28(25)13-19(23)20(22)21(2,24)14-27-12-16-6-8-17(26-3)9-7-16/h4-11,19-20,23-24H,12-14H2,1-3H3/t19-,20-,21+,28?/m0/s1. The molecule has 0 radical (unpaired) electrons. The summed E-state index contributed by atoms with van der Waals surface area (Å²) in [5.74, 6) is 0.786. The molecule has 0 fully saturated rings. The first-order valence-corrected chi connectivity index (χ1v) is 11.2. The Morgan fingerprint density at radius 2 is 1.75 bits per heavy atom. The molecule has 1 unspecified atom stereocenters. The lowest BCUT2D eigenvalue weighted by molar-refractivity contribution is -0.0554. The van der Waals surface area contributed by atoms with Gasteiger partial charge in [0.05, 0.1) is 47.8 Å². The number of aliphatic hydroxyl groups excluding tert-OH is 1. The second-order valence-electron chi connectivity index (χ2n) is 6.99. The summed E-state index contributed by atoms with van der Waals surface area (Å²) >= 11 is 3.35. The molecule has 0 saturated carbocycles. The molecule has 154 valence electrons. The topological polar surface area (TPSA) is 76.0 Å². The van der Waals surface area contributed by atoms with Crippen molar-refractivity contribution in [2.45, 2.75) is 41.9 Å². The van der Waals surface area contributed by atoms with E-state index in [4.69, 9.17) is 9.47 Å². The third-order valence-corrected chi connectivity index (χ3v) is 7.40. The van der Waals surface area contributed by atoms with Gasteiger partial charge in [0.15, 0.2) is 0 Å². The number of aliphatic hydroxyl groups is 2. The van der Waals surface area contributed by atoms with Gasteiger partial charge in [0, 0.05) is 4.90 Å². The molecule has 4 atom stereocenters. The Bertz CT molecular complexity index is 761. The molecular weight excluding hydrogens is 444 g/mol. The molecule has 2 N–H and O–H groups in total. The van der Waals surface area contributed by atoms with E-state index in [-0.39, 0.29) is 12.4 Å². The van der Waals surface area contributed by atoms with Gasteiger partial charge in [0.2, 0.25) is 0 Å². The fourth-order valence-corrected chi connectivity index (χ4v) is 4.32. The highest BCUT2D eigenvalue weighted by Gasteiger charge is 2.36. The Morgan fingerprint density at radius 3 is 2.32 bits per heavy atom. The van der Waals surface area contributed by atoms with Gasteiger partial charge in [-0.05, 0) is 43.7 Å². The van der Waals surface area contributed by atoms with Crippen LogP contribution in [0.15, 0.2) is 53.4 Å². The van der Waals surface area contributed by atoms with Crippen LogP contribution in [0.3, 0.4) is 0 Å². The van der Waals surface area contributed by atoms with Crippen molar-refractivity contribution in [1.29, 1.82) is 0 Å². The van der Waals surface area contributed by atoms with Gasteiger partial charge < -0.3 is 19.7 Å². The highest BCUT2D eigenvalue weighted by atomic mass is 79.9. The number of ether oxygens (including phenoxy) is 2. The molecular formula is C21H27BrO5S. The number of alkyl halides is 1. The van der Waals surface area contributed by atoms with E-state index in [9.17, 15) is 14.4 Å². The van der Waals surface area contributed by atoms with Crippen LogP contribution in [-0.4, -0.2) is 50.4 Å². The molecule has 0 amide bonds. The maximum atomic E-state index is 12.5. The highest BCUT2D eigenvalue weighted by Crippen LogP contribution is 2.24. The molecule has 28 heavy (non-hydrogen) atoms. The van der Waals surface area contributed by atoms with Crippen LogP contribution in [0.4, 0.5) is 0 Å².